The van der Waals surface area contributed by atoms with Crippen LogP contribution in [0.4, 0.5) is 0 Å². The van der Waals surface area contributed by atoms with Crippen LogP contribution in [0.2, 0.25) is 0 Å². The van der Waals surface area contributed by atoms with Crippen LogP contribution in [0, 0.1) is 5.92 Å². The highest BCUT2D eigenvalue weighted by Crippen LogP contribution is 2.30. The molecule has 1 heterocycles. The summed E-state index contributed by atoms with van der Waals surface area (Å²) in [6.07, 6.45) is 9.71. The topological polar surface area (TPSA) is 66.4 Å². The number of allylic oxidation sites excluding steroid dienone is 1. The van der Waals surface area contributed by atoms with Gasteiger partial charge in [0.25, 0.3) is 0 Å². The average Bonchev–Trinajstić information content (AvgIpc) is 2.70. The van der Waals surface area contributed by atoms with Gasteiger partial charge in [0.1, 0.15) is 12.2 Å². The summed E-state index contributed by atoms with van der Waals surface area (Å²) in [6.45, 7) is 6.92. The van der Waals surface area contributed by atoms with E-state index >= 15 is 0 Å². The molecule has 1 aliphatic heterocycles. The molecule has 1 saturated heterocycles. The lowest BCUT2D eigenvalue weighted by Gasteiger charge is -2.42. The Kier molecular flexibility index (Phi) is 13.8. The first-order valence-corrected chi connectivity index (χ1v) is 10.8. The Morgan fingerprint density at radius 1 is 1.11 bits per heavy atom. The Morgan fingerprint density at radius 2 is 1.86 bits per heavy atom. The third kappa shape index (κ3) is 8.78. The van der Waals surface area contributed by atoms with Crippen molar-refractivity contribution in [2.45, 2.75) is 96.4 Å². The third-order valence-electron chi connectivity index (χ3n) is 5.37. The molecule has 0 aliphatic carbocycles. The van der Waals surface area contributed by atoms with Gasteiger partial charge < -0.3 is 28.8 Å². The van der Waals surface area contributed by atoms with Crippen molar-refractivity contribution in [2.75, 3.05) is 27.4 Å². The maximum atomic E-state index is 10.7. The molecule has 6 unspecified atom stereocenters. The fourth-order valence-corrected chi connectivity index (χ4v) is 3.61. The minimum Gasteiger partial charge on any atom is -0.472 e. The minimum absolute atomic E-state index is 0.102. The Labute approximate surface area is 171 Å². The zero-order valence-electron chi connectivity index (χ0n) is 18.5. The molecule has 28 heavy (non-hydrogen) atoms. The van der Waals surface area contributed by atoms with Crippen LogP contribution in [0.25, 0.3) is 0 Å². The molecule has 0 saturated carbocycles. The molecule has 6 atom stereocenters. The van der Waals surface area contributed by atoms with E-state index in [0.717, 1.165) is 12.8 Å². The molecule has 1 aliphatic rings. The minimum atomic E-state index is -0.754. The highest BCUT2D eigenvalue weighted by molar-refractivity contribution is 4.89. The average molecular weight is 403 g/mol. The Hall–Kier alpha value is -0.660. The van der Waals surface area contributed by atoms with E-state index in [1.807, 2.05) is 19.9 Å². The largest absolute Gasteiger partial charge is 0.472 e. The van der Waals surface area contributed by atoms with Gasteiger partial charge in [-0.25, -0.2) is 0 Å². The van der Waals surface area contributed by atoms with Crippen molar-refractivity contribution in [3.05, 3.63) is 12.3 Å². The number of unbranched alkanes of at least 4 members (excludes halogenated alkanes) is 4. The number of ether oxygens (including phenoxy) is 5. The summed E-state index contributed by atoms with van der Waals surface area (Å²) in [4.78, 5) is 0. The smallest absolute Gasteiger partial charge is 0.204 e. The van der Waals surface area contributed by atoms with Gasteiger partial charge in [-0.1, -0.05) is 52.0 Å². The number of methoxy groups -OCH3 is 2. The van der Waals surface area contributed by atoms with Crippen molar-refractivity contribution < 1.29 is 28.8 Å². The van der Waals surface area contributed by atoms with Crippen LogP contribution in [-0.2, 0) is 23.7 Å². The maximum Gasteiger partial charge on any atom is 0.204 e. The molecule has 0 radical (unpaired) electrons. The second-order valence-corrected chi connectivity index (χ2v) is 7.64. The van der Waals surface area contributed by atoms with E-state index in [1.165, 1.54) is 32.1 Å². The van der Waals surface area contributed by atoms with Crippen LogP contribution >= 0.6 is 0 Å². The molecular weight excluding hydrogens is 360 g/mol. The van der Waals surface area contributed by atoms with E-state index in [0.29, 0.717) is 13.2 Å². The van der Waals surface area contributed by atoms with Gasteiger partial charge in [0.15, 0.2) is 0 Å². The lowest BCUT2D eigenvalue weighted by atomic mass is 9.92. The molecular formula is C22H42O6. The molecule has 1 rings (SSSR count). The lowest BCUT2D eigenvalue weighted by Crippen LogP contribution is -2.56. The Morgan fingerprint density at radius 3 is 2.50 bits per heavy atom. The van der Waals surface area contributed by atoms with Gasteiger partial charge in [0.2, 0.25) is 6.29 Å². The SMILES string of the molecule is C/C=C\OC1OC(COC)C(O)C(OCCC(CCCCCCC)OC)C1C. The summed E-state index contributed by atoms with van der Waals surface area (Å²) in [7, 11) is 3.35. The van der Waals surface area contributed by atoms with Crippen LogP contribution in [0.5, 0.6) is 0 Å². The lowest BCUT2D eigenvalue weighted by molar-refractivity contribution is -0.277. The van der Waals surface area contributed by atoms with E-state index < -0.39 is 18.5 Å². The van der Waals surface area contributed by atoms with Crippen LogP contribution < -0.4 is 0 Å². The molecule has 0 bridgehead atoms. The summed E-state index contributed by atoms with van der Waals surface area (Å²) in [5, 5.41) is 10.7. The molecule has 1 N–H and O–H groups in total. The normalized spacial score (nSPS) is 29.3. The molecule has 0 amide bonds. The van der Waals surface area contributed by atoms with E-state index in [9.17, 15) is 5.11 Å². The van der Waals surface area contributed by atoms with Gasteiger partial charge in [0.05, 0.1) is 25.1 Å². The highest BCUT2D eigenvalue weighted by atomic mass is 16.7. The van der Waals surface area contributed by atoms with Gasteiger partial charge in [-0.05, 0) is 19.8 Å². The van der Waals surface area contributed by atoms with Crippen LogP contribution in [0.3, 0.4) is 0 Å². The fraction of sp³-hybridized carbons (Fsp3) is 0.909. The van der Waals surface area contributed by atoms with Gasteiger partial charge in [-0.3, -0.25) is 0 Å². The second kappa shape index (κ2) is 15.2. The van der Waals surface area contributed by atoms with Crippen molar-refractivity contribution in [2.24, 2.45) is 5.92 Å². The summed E-state index contributed by atoms with van der Waals surface area (Å²) in [5.74, 6) is -0.102. The second-order valence-electron chi connectivity index (χ2n) is 7.64. The monoisotopic (exact) mass is 402 g/mol. The molecule has 6 nitrogen and oxygen atoms in total. The molecule has 0 aromatic carbocycles. The summed E-state index contributed by atoms with van der Waals surface area (Å²) in [5.41, 5.74) is 0. The van der Waals surface area contributed by atoms with Crippen molar-refractivity contribution in [3.63, 3.8) is 0 Å². The summed E-state index contributed by atoms with van der Waals surface area (Å²) < 4.78 is 28.4. The van der Waals surface area contributed by atoms with Crippen LogP contribution in [-0.4, -0.2) is 63.2 Å². The summed E-state index contributed by atoms with van der Waals surface area (Å²) >= 11 is 0. The van der Waals surface area contributed by atoms with Crippen molar-refractivity contribution in [3.8, 4) is 0 Å². The molecule has 166 valence electrons. The fourth-order valence-electron chi connectivity index (χ4n) is 3.61. The zero-order chi connectivity index (χ0) is 20.8. The molecule has 6 heteroatoms. The quantitative estimate of drug-likeness (QED) is 0.329. The number of hydrogen-bond donors (Lipinski definition) is 1. The van der Waals surface area contributed by atoms with Crippen molar-refractivity contribution in [1.82, 2.24) is 0 Å². The first-order valence-electron chi connectivity index (χ1n) is 10.8. The number of hydrogen-bond acceptors (Lipinski definition) is 6. The molecule has 0 spiro atoms. The van der Waals surface area contributed by atoms with Gasteiger partial charge in [-0.15, -0.1) is 0 Å². The summed E-state index contributed by atoms with van der Waals surface area (Å²) in [6, 6.07) is 0. The van der Waals surface area contributed by atoms with E-state index in [2.05, 4.69) is 6.92 Å². The molecule has 0 aromatic rings. The van der Waals surface area contributed by atoms with E-state index in [1.54, 1.807) is 20.5 Å². The van der Waals surface area contributed by atoms with E-state index in [4.69, 9.17) is 23.7 Å². The predicted octanol–water partition coefficient (Wildman–Crippen LogP) is 4.06. The number of rotatable bonds is 15. The van der Waals surface area contributed by atoms with Crippen molar-refractivity contribution in [1.29, 1.82) is 0 Å². The Bertz CT molecular complexity index is 402. The zero-order valence-corrected chi connectivity index (χ0v) is 18.5. The first-order chi connectivity index (χ1) is 13.6. The number of aliphatic hydroxyl groups is 1. The van der Waals surface area contributed by atoms with Crippen LogP contribution in [0.15, 0.2) is 12.3 Å². The van der Waals surface area contributed by atoms with Gasteiger partial charge >= 0.3 is 0 Å². The maximum absolute atomic E-state index is 10.7. The standard InChI is InChI=1S/C22H42O6/c1-6-8-9-10-11-12-18(25-5)13-15-26-21-17(3)22(27-14-7-2)28-19(16-24-4)20(21)23/h7,14,17-23H,6,8-13,15-16H2,1-5H3/b14-7-. The molecule has 1 fully saturated rings. The van der Waals surface area contributed by atoms with E-state index in [-0.39, 0.29) is 18.1 Å². The van der Waals surface area contributed by atoms with Gasteiger partial charge in [0, 0.05) is 26.7 Å². The predicted molar refractivity (Wildman–Crippen MR) is 110 cm³/mol. The highest BCUT2D eigenvalue weighted by Gasteiger charge is 2.44. The third-order valence-corrected chi connectivity index (χ3v) is 5.37. The Balaban J connectivity index is 2.50. The van der Waals surface area contributed by atoms with Crippen molar-refractivity contribution >= 4 is 0 Å². The van der Waals surface area contributed by atoms with Crippen LogP contribution in [0.1, 0.15) is 65.7 Å². The first kappa shape index (κ1) is 25.4. The van der Waals surface area contributed by atoms with Gasteiger partial charge in [-0.2, -0.15) is 0 Å². The number of aliphatic hydroxyl groups excluding tert-OH is 1. The molecule has 0 aromatic heterocycles.